The van der Waals surface area contributed by atoms with Crippen molar-refractivity contribution < 1.29 is 9.32 Å². The second kappa shape index (κ2) is 3.78. The van der Waals surface area contributed by atoms with Gasteiger partial charge in [0, 0.05) is 12.5 Å². The molecule has 0 aromatic carbocycles. The number of fused-ring (bicyclic) bond motifs is 1. The molecular formula is C12H18N4O2. The monoisotopic (exact) mass is 250 g/mol. The Hall–Kier alpha value is -1.43. The van der Waals surface area contributed by atoms with Crippen molar-refractivity contribution in [2.24, 2.45) is 5.73 Å². The van der Waals surface area contributed by atoms with Gasteiger partial charge in [0.15, 0.2) is 5.82 Å². The van der Waals surface area contributed by atoms with Gasteiger partial charge < -0.3 is 15.2 Å². The summed E-state index contributed by atoms with van der Waals surface area (Å²) in [6.07, 6.45) is 2.22. The highest BCUT2D eigenvalue weighted by Gasteiger charge is 2.54. The Kier molecular flexibility index (Phi) is 2.45. The van der Waals surface area contributed by atoms with Gasteiger partial charge in [-0.3, -0.25) is 4.79 Å². The van der Waals surface area contributed by atoms with E-state index in [9.17, 15) is 4.79 Å². The molecule has 2 atom stereocenters. The zero-order valence-corrected chi connectivity index (χ0v) is 10.7. The van der Waals surface area contributed by atoms with E-state index in [1.807, 2.05) is 18.7 Å². The van der Waals surface area contributed by atoms with Crippen LogP contribution in [0.4, 0.5) is 0 Å². The minimum atomic E-state index is -0.774. The maximum Gasteiger partial charge on any atom is 0.229 e. The highest BCUT2D eigenvalue weighted by molar-refractivity contribution is 5.81. The van der Waals surface area contributed by atoms with E-state index in [0.717, 1.165) is 19.4 Å². The number of aromatic nitrogens is 2. The van der Waals surface area contributed by atoms with E-state index < -0.39 is 5.54 Å². The summed E-state index contributed by atoms with van der Waals surface area (Å²) in [6.45, 7) is 4.78. The third kappa shape index (κ3) is 1.48. The number of hydrogen-bond acceptors (Lipinski definition) is 5. The number of nitrogens with two attached hydrogens (primary N) is 1. The summed E-state index contributed by atoms with van der Waals surface area (Å²) in [4.78, 5) is 18.2. The summed E-state index contributed by atoms with van der Waals surface area (Å²) in [7, 11) is 0. The Labute approximate surface area is 106 Å². The van der Waals surface area contributed by atoms with E-state index in [0.29, 0.717) is 11.7 Å². The van der Waals surface area contributed by atoms with E-state index in [1.165, 1.54) is 0 Å². The molecule has 2 N–H and O–H groups in total. The molecule has 2 saturated heterocycles. The van der Waals surface area contributed by atoms with Crippen LogP contribution in [0.2, 0.25) is 0 Å². The second-order valence-corrected chi connectivity index (χ2v) is 5.57. The molecule has 0 aliphatic carbocycles. The largest absolute Gasteiger partial charge is 0.339 e. The van der Waals surface area contributed by atoms with Crippen molar-refractivity contribution in [3.05, 3.63) is 11.7 Å². The molecule has 2 aliphatic rings. The van der Waals surface area contributed by atoms with Crippen molar-refractivity contribution >= 4 is 5.91 Å². The Bertz CT molecular complexity index is 484. The van der Waals surface area contributed by atoms with Crippen LogP contribution in [0.3, 0.4) is 0 Å². The van der Waals surface area contributed by atoms with E-state index in [1.54, 1.807) is 0 Å². The SMILES string of the molecule is CC(C)c1nc(C2(N)CC(=O)N3CCCC32)no1. The molecule has 0 spiro atoms. The van der Waals surface area contributed by atoms with Crippen molar-refractivity contribution in [2.45, 2.75) is 50.6 Å². The first-order chi connectivity index (χ1) is 8.52. The highest BCUT2D eigenvalue weighted by atomic mass is 16.5. The van der Waals surface area contributed by atoms with Crippen LogP contribution in [-0.4, -0.2) is 33.5 Å². The fraction of sp³-hybridized carbons (Fsp3) is 0.750. The molecule has 0 radical (unpaired) electrons. The molecule has 2 aliphatic heterocycles. The molecule has 1 amide bonds. The van der Waals surface area contributed by atoms with Gasteiger partial charge in [0.1, 0.15) is 5.54 Å². The molecule has 3 rings (SSSR count). The lowest BCUT2D eigenvalue weighted by Crippen LogP contribution is -2.47. The van der Waals surface area contributed by atoms with E-state index in [-0.39, 0.29) is 24.3 Å². The third-order valence-corrected chi connectivity index (χ3v) is 3.96. The van der Waals surface area contributed by atoms with Gasteiger partial charge in [0.25, 0.3) is 0 Å². The Morgan fingerprint density at radius 3 is 3.00 bits per heavy atom. The number of carbonyl (C=O) groups is 1. The van der Waals surface area contributed by atoms with Gasteiger partial charge in [-0.2, -0.15) is 4.98 Å². The van der Waals surface area contributed by atoms with E-state index in [4.69, 9.17) is 10.3 Å². The molecule has 18 heavy (non-hydrogen) atoms. The minimum Gasteiger partial charge on any atom is -0.339 e. The fourth-order valence-corrected chi connectivity index (χ4v) is 2.96. The van der Waals surface area contributed by atoms with Crippen LogP contribution in [0.5, 0.6) is 0 Å². The van der Waals surface area contributed by atoms with Gasteiger partial charge in [0.05, 0.1) is 12.5 Å². The number of nitrogens with zero attached hydrogens (tertiary/aromatic N) is 3. The van der Waals surface area contributed by atoms with Crippen molar-refractivity contribution in [2.75, 3.05) is 6.54 Å². The minimum absolute atomic E-state index is 0.0302. The first kappa shape index (κ1) is 11.6. The van der Waals surface area contributed by atoms with Crippen LogP contribution >= 0.6 is 0 Å². The number of carbonyl (C=O) groups excluding carboxylic acids is 1. The van der Waals surface area contributed by atoms with E-state index in [2.05, 4.69) is 10.1 Å². The lowest BCUT2D eigenvalue weighted by atomic mass is 9.89. The predicted octanol–water partition coefficient (Wildman–Crippen LogP) is 0.742. The standard InChI is InChI=1S/C12H18N4O2/c1-7(2)10-14-11(15-18-10)12(13)6-9(17)16-5-3-4-8(12)16/h7-8H,3-6,13H2,1-2H3. The average molecular weight is 250 g/mol. The Balaban J connectivity index is 1.96. The predicted molar refractivity (Wildman–Crippen MR) is 63.6 cm³/mol. The summed E-state index contributed by atoms with van der Waals surface area (Å²) in [6, 6.07) is 0.0302. The van der Waals surface area contributed by atoms with E-state index >= 15 is 0 Å². The van der Waals surface area contributed by atoms with Crippen LogP contribution in [0.15, 0.2) is 4.52 Å². The summed E-state index contributed by atoms with van der Waals surface area (Å²) in [5.41, 5.74) is 5.65. The molecule has 98 valence electrons. The van der Waals surface area contributed by atoms with Gasteiger partial charge in [-0.15, -0.1) is 0 Å². The normalized spacial score (nSPS) is 31.4. The highest BCUT2D eigenvalue weighted by Crippen LogP contribution is 2.40. The zero-order chi connectivity index (χ0) is 12.9. The van der Waals surface area contributed by atoms with Gasteiger partial charge in [-0.1, -0.05) is 19.0 Å². The molecule has 6 nitrogen and oxygen atoms in total. The van der Waals surface area contributed by atoms with Gasteiger partial charge >= 0.3 is 0 Å². The zero-order valence-electron chi connectivity index (χ0n) is 10.7. The quantitative estimate of drug-likeness (QED) is 0.836. The molecule has 0 saturated carbocycles. The van der Waals surface area contributed by atoms with Crippen molar-refractivity contribution in [3.8, 4) is 0 Å². The summed E-state index contributed by atoms with van der Waals surface area (Å²) < 4.78 is 5.22. The van der Waals surface area contributed by atoms with Crippen LogP contribution in [-0.2, 0) is 10.3 Å². The first-order valence-corrected chi connectivity index (χ1v) is 6.45. The van der Waals surface area contributed by atoms with Crippen molar-refractivity contribution in [1.82, 2.24) is 15.0 Å². The van der Waals surface area contributed by atoms with Crippen LogP contribution in [0, 0.1) is 0 Å². The molecule has 6 heteroatoms. The van der Waals surface area contributed by atoms with Crippen LogP contribution in [0.1, 0.15) is 50.7 Å². The summed E-state index contributed by atoms with van der Waals surface area (Å²) in [5, 5.41) is 4.00. The third-order valence-electron chi connectivity index (χ3n) is 3.96. The van der Waals surface area contributed by atoms with Crippen LogP contribution in [0.25, 0.3) is 0 Å². The summed E-state index contributed by atoms with van der Waals surface area (Å²) >= 11 is 0. The molecule has 0 bridgehead atoms. The van der Waals surface area contributed by atoms with Crippen LogP contribution < -0.4 is 5.73 Å². The Morgan fingerprint density at radius 1 is 1.56 bits per heavy atom. The molecule has 1 aromatic heterocycles. The lowest BCUT2D eigenvalue weighted by Gasteiger charge is -2.26. The van der Waals surface area contributed by atoms with Gasteiger partial charge in [0.2, 0.25) is 11.8 Å². The topological polar surface area (TPSA) is 85.2 Å². The fourth-order valence-electron chi connectivity index (χ4n) is 2.96. The second-order valence-electron chi connectivity index (χ2n) is 5.57. The molecular weight excluding hydrogens is 232 g/mol. The lowest BCUT2D eigenvalue weighted by molar-refractivity contribution is -0.127. The smallest absolute Gasteiger partial charge is 0.229 e. The Morgan fingerprint density at radius 2 is 2.33 bits per heavy atom. The number of hydrogen-bond donors (Lipinski definition) is 1. The number of rotatable bonds is 2. The van der Waals surface area contributed by atoms with Gasteiger partial charge in [-0.25, -0.2) is 0 Å². The first-order valence-electron chi connectivity index (χ1n) is 6.45. The molecule has 2 fully saturated rings. The molecule has 1 aromatic rings. The maximum absolute atomic E-state index is 11.9. The average Bonchev–Trinajstić information content (AvgIpc) is 3.00. The summed E-state index contributed by atoms with van der Waals surface area (Å²) in [5.74, 6) is 1.34. The maximum atomic E-state index is 11.9. The van der Waals surface area contributed by atoms with Crippen molar-refractivity contribution in [1.29, 1.82) is 0 Å². The van der Waals surface area contributed by atoms with Gasteiger partial charge in [-0.05, 0) is 12.8 Å². The molecule has 2 unspecified atom stereocenters. The van der Waals surface area contributed by atoms with Crippen molar-refractivity contribution in [3.63, 3.8) is 0 Å². The number of amides is 1. The molecule has 3 heterocycles.